The Labute approximate surface area is 200 Å². The summed E-state index contributed by atoms with van der Waals surface area (Å²) < 4.78 is 30.3. The molecule has 3 rings (SSSR count). The molecule has 0 bridgehead atoms. The Morgan fingerprint density at radius 3 is 2.56 bits per heavy atom. The SMILES string of the molecule is COC(=O)[C@@H](Cc1cccnc1)NC(=O)[C@@H]1CN(S(C)(=O)=O)CCN1C(=O)NC1CCCCC1. The van der Waals surface area contributed by atoms with Gasteiger partial charge in [0.15, 0.2) is 0 Å². The Bertz CT molecular complexity index is 967. The zero-order valence-corrected chi connectivity index (χ0v) is 20.4. The number of nitrogens with one attached hydrogen (secondary N) is 2. The first-order chi connectivity index (χ1) is 16.2. The van der Waals surface area contributed by atoms with E-state index in [2.05, 4.69) is 15.6 Å². The number of ether oxygens (including phenoxy) is 1. The summed E-state index contributed by atoms with van der Waals surface area (Å²) in [7, 11) is -2.35. The molecule has 1 aromatic rings. The van der Waals surface area contributed by atoms with Gasteiger partial charge >= 0.3 is 12.0 Å². The maximum absolute atomic E-state index is 13.3. The molecule has 0 radical (unpaired) electrons. The fourth-order valence-corrected chi connectivity index (χ4v) is 5.21. The van der Waals surface area contributed by atoms with Gasteiger partial charge < -0.3 is 20.3 Å². The lowest BCUT2D eigenvalue weighted by molar-refractivity contribution is -0.145. The van der Waals surface area contributed by atoms with Crippen molar-refractivity contribution in [1.29, 1.82) is 0 Å². The van der Waals surface area contributed by atoms with Crippen LogP contribution in [0.1, 0.15) is 37.7 Å². The predicted octanol–water partition coefficient (Wildman–Crippen LogP) is 0.270. The van der Waals surface area contributed by atoms with Gasteiger partial charge in [-0.15, -0.1) is 0 Å². The van der Waals surface area contributed by atoms with Crippen molar-refractivity contribution in [2.45, 2.75) is 56.7 Å². The zero-order valence-electron chi connectivity index (χ0n) is 19.6. The maximum Gasteiger partial charge on any atom is 0.328 e. The molecule has 188 valence electrons. The minimum atomic E-state index is -3.57. The van der Waals surface area contributed by atoms with Crippen molar-refractivity contribution in [3.8, 4) is 0 Å². The van der Waals surface area contributed by atoms with Gasteiger partial charge in [0, 0.05) is 44.5 Å². The summed E-state index contributed by atoms with van der Waals surface area (Å²) in [4.78, 5) is 44.2. The molecule has 2 atom stereocenters. The van der Waals surface area contributed by atoms with Gasteiger partial charge in [-0.1, -0.05) is 25.3 Å². The van der Waals surface area contributed by atoms with Crippen LogP contribution in [0.5, 0.6) is 0 Å². The third kappa shape index (κ3) is 6.89. The summed E-state index contributed by atoms with van der Waals surface area (Å²) in [5.41, 5.74) is 0.714. The van der Waals surface area contributed by atoms with Crippen LogP contribution in [0, 0.1) is 0 Å². The summed E-state index contributed by atoms with van der Waals surface area (Å²) in [6.45, 7) is -0.0322. The van der Waals surface area contributed by atoms with E-state index in [0.29, 0.717) is 5.56 Å². The minimum absolute atomic E-state index is 0.0336. The number of aromatic nitrogens is 1. The van der Waals surface area contributed by atoms with E-state index in [1.165, 1.54) is 16.3 Å². The zero-order chi connectivity index (χ0) is 24.7. The summed E-state index contributed by atoms with van der Waals surface area (Å²) in [5.74, 6) is -1.27. The Kier molecular flexibility index (Phi) is 8.84. The molecule has 1 saturated carbocycles. The molecule has 34 heavy (non-hydrogen) atoms. The van der Waals surface area contributed by atoms with Gasteiger partial charge in [0.25, 0.3) is 0 Å². The number of carbonyl (C=O) groups is 3. The van der Waals surface area contributed by atoms with E-state index < -0.39 is 40.0 Å². The Balaban J connectivity index is 1.77. The van der Waals surface area contributed by atoms with E-state index in [0.717, 1.165) is 38.4 Å². The van der Waals surface area contributed by atoms with Gasteiger partial charge in [0.05, 0.1) is 13.4 Å². The fraction of sp³-hybridized carbons (Fsp3) is 0.636. The number of nitrogens with zero attached hydrogens (tertiary/aromatic N) is 3. The van der Waals surface area contributed by atoms with Crippen molar-refractivity contribution >= 4 is 27.9 Å². The standard InChI is InChI=1S/C22H33N5O6S/c1-33-21(29)18(13-16-7-6-10-23-14-16)25-20(28)19-15-26(34(2,31)32)11-12-27(19)22(30)24-17-8-4-3-5-9-17/h6-7,10,14,17-19H,3-5,8-9,11-13,15H2,1-2H3,(H,24,30)(H,25,28)/t18-,19+/m1/s1. The number of pyridine rings is 1. The fourth-order valence-electron chi connectivity index (χ4n) is 4.39. The van der Waals surface area contributed by atoms with Crippen LogP contribution in [-0.2, 0) is 30.8 Å². The molecule has 2 aliphatic rings. The molecule has 3 amide bonds. The number of methoxy groups -OCH3 is 1. The second kappa shape index (κ2) is 11.6. The molecule has 2 heterocycles. The highest BCUT2D eigenvalue weighted by Gasteiger charge is 2.40. The number of urea groups is 1. The molecule has 0 spiro atoms. The normalized spacial score (nSPS) is 20.9. The molecule has 2 fully saturated rings. The van der Waals surface area contributed by atoms with Gasteiger partial charge in [-0.2, -0.15) is 4.31 Å². The van der Waals surface area contributed by atoms with Crippen LogP contribution in [0.25, 0.3) is 0 Å². The van der Waals surface area contributed by atoms with E-state index in [9.17, 15) is 22.8 Å². The highest BCUT2D eigenvalue weighted by atomic mass is 32.2. The maximum atomic E-state index is 13.3. The van der Waals surface area contributed by atoms with Crippen LogP contribution in [0.15, 0.2) is 24.5 Å². The molecule has 1 aliphatic carbocycles. The average molecular weight is 496 g/mol. The Morgan fingerprint density at radius 2 is 1.94 bits per heavy atom. The highest BCUT2D eigenvalue weighted by Crippen LogP contribution is 2.19. The van der Waals surface area contributed by atoms with E-state index >= 15 is 0 Å². The molecule has 11 nitrogen and oxygen atoms in total. The monoisotopic (exact) mass is 495 g/mol. The van der Waals surface area contributed by atoms with Crippen molar-refractivity contribution in [3.63, 3.8) is 0 Å². The van der Waals surface area contributed by atoms with Gasteiger partial charge in [0.1, 0.15) is 12.1 Å². The van der Waals surface area contributed by atoms with Crippen LogP contribution < -0.4 is 10.6 Å². The molecule has 12 heteroatoms. The van der Waals surface area contributed by atoms with E-state index in [1.54, 1.807) is 24.5 Å². The first-order valence-corrected chi connectivity index (χ1v) is 13.3. The summed E-state index contributed by atoms with van der Waals surface area (Å²) >= 11 is 0. The lowest BCUT2D eigenvalue weighted by Gasteiger charge is -2.40. The molecule has 0 aromatic carbocycles. The smallest absolute Gasteiger partial charge is 0.328 e. The molecule has 0 unspecified atom stereocenters. The number of carbonyl (C=O) groups excluding carboxylic acids is 3. The quantitative estimate of drug-likeness (QED) is 0.518. The third-order valence-corrected chi connectivity index (χ3v) is 7.54. The number of esters is 1. The van der Waals surface area contributed by atoms with Crippen molar-refractivity contribution in [3.05, 3.63) is 30.1 Å². The van der Waals surface area contributed by atoms with Crippen LogP contribution in [0.4, 0.5) is 4.79 Å². The number of rotatable bonds is 7. The molecule has 2 N–H and O–H groups in total. The van der Waals surface area contributed by atoms with Crippen molar-refractivity contribution in [1.82, 2.24) is 24.8 Å². The van der Waals surface area contributed by atoms with Gasteiger partial charge in [-0.05, 0) is 24.5 Å². The van der Waals surface area contributed by atoms with Crippen LogP contribution >= 0.6 is 0 Å². The van der Waals surface area contributed by atoms with Gasteiger partial charge in [-0.25, -0.2) is 18.0 Å². The number of piperazine rings is 1. The summed E-state index contributed by atoms with van der Waals surface area (Å²) in [5, 5.41) is 5.66. The number of amides is 3. The second-order valence-corrected chi connectivity index (χ2v) is 10.7. The Hall–Kier alpha value is -2.73. The van der Waals surface area contributed by atoms with Crippen LogP contribution in [0.3, 0.4) is 0 Å². The van der Waals surface area contributed by atoms with Crippen molar-refractivity contribution < 1.29 is 27.5 Å². The number of hydrogen-bond acceptors (Lipinski definition) is 7. The van der Waals surface area contributed by atoms with E-state index in [1.807, 2.05) is 0 Å². The van der Waals surface area contributed by atoms with Crippen molar-refractivity contribution in [2.75, 3.05) is 33.0 Å². The average Bonchev–Trinajstić information content (AvgIpc) is 2.83. The summed E-state index contributed by atoms with van der Waals surface area (Å²) in [6, 6.07) is 1.01. The first kappa shape index (κ1) is 25.9. The minimum Gasteiger partial charge on any atom is -0.467 e. The second-order valence-electron chi connectivity index (χ2n) is 8.76. The van der Waals surface area contributed by atoms with Crippen molar-refractivity contribution in [2.24, 2.45) is 0 Å². The van der Waals surface area contributed by atoms with Crippen LogP contribution in [0.2, 0.25) is 0 Å². The van der Waals surface area contributed by atoms with Gasteiger partial charge in [0.2, 0.25) is 15.9 Å². The number of sulfonamides is 1. The van der Waals surface area contributed by atoms with E-state index in [-0.39, 0.29) is 32.1 Å². The number of hydrogen-bond donors (Lipinski definition) is 2. The molecule has 1 aliphatic heterocycles. The molecule has 1 saturated heterocycles. The predicted molar refractivity (Wildman–Crippen MR) is 124 cm³/mol. The lowest BCUT2D eigenvalue weighted by Crippen LogP contribution is -2.64. The summed E-state index contributed by atoms with van der Waals surface area (Å²) in [6.07, 6.45) is 9.34. The van der Waals surface area contributed by atoms with Crippen LogP contribution in [-0.4, -0.2) is 91.6 Å². The lowest BCUT2D eigenvalue weighted by atomic mass is 9.96. The molecule has 1 aromatic heterocycles. The molecular weight excluding hydrogens is 462 g/mol. The Morgan fingerprint density at radius 1 is 1.21 bits per heavy atom. The van der Waals surface area contributed by atoms with Gasteiger partial charge in [-0.3, -0.25) is 9.78 Å². The largest absolute Gasteiger partial charge is 0.467 e. The third-order valence-electron chi connectivity index (χ3n) is 6.27. The molecular formula is C22H33N5O6S. The van der Waals surface area contributed by atoms with E-state index in [4.69, 9.17) is 4.74 Å². The highest BCUT2D eigenvalue weighted by molar-refractivity contribution is 7.88. The topological polar surface area (TPSA) is 138 Å². The first-order valence-electron chi connectivity index (χ1n) is 11.5.